The van der Waals surface area contributed by atoms with Crippen LogP contribution >= 0.6 is 0 Å². The van der Waals surface area contributed by atoms with E-state index >= 15 is 0 Å². The van der Waals surface area contributed by atoms with Gasteiger partial charge in [-0.2, -0.15) is 13.2 Å². The molecule has 0 aliphatic heterocycles. The maximum atomic E-state index is 13.2. The predicted octanol–water partition coefficient (Wildman–Crippen LogP) is 4.80. The van der Waals surface area contributed by atoms with E-state index in [2.05, 4.69) is 0 Å². The molecule has 0 heterocycles. The summed E-state index contributed by atoms with van der Waals surface area (Å²) in [6, 6.07) is 12.8. The van der Waals surface area contributed by atoms with Gasteiger partial charge in [-0.3, -0.25) is 4.72 Å². The molecule has 130 valence electrons. The van der Waals surface area contributed by atoms with Gasteiger partial charge in [0.25, 0.3) is 10.0 Å². The molecule has 25 heavy (non-hydrogen) atoms. The van der Waals surface area contributed by atoms with Gasteiger partial charge in [0.1, 0.15) is 5.82 Å². The van der Waals surface area contributed by atoms with Crippen molar-refractivity contribution in [2.75, 3.05) is 4.72 Å². The Bertz CT molecular complexity index is 1040. The summed E-state index contributed by atoms with van der Waals surface area (Å²) in [7, 11) is -4.31. The number of anilines is 1. The minimum Gasteiger partial charge on any atom is -0.279 e. The van der Waals surface area contributed by atoms with Gasteiger partial charge in [-0.1, -0.05) is 36.4 Å². The van der Waals surface area contributed by atoms with Gasteiger partial charge in [0, 0.05) is 5.39 Å². The third-order valence-electron chi connectivity index (χ3n) is 3.57. The van der Waals surface area contributed by atoms with Crippen molar-refractivity contribution in [2.45, 2.75) is 11.1 Å². The largest absolute Gasteiger partial charge is 0.418 e. The monoisotopic (exact) mass is 369 g/mol. The highest BCUT2D eigenvalue weighted by Gasteiger charge is 2.35. The van der Waals surface area contributed by atoms with E-state index in [4.69, 9.17) is 0 Å². The van der Waals surface area contributed by atoms with E-state index in [0.29, 0.717) is 10.8 Å². The lowest BCUT2D eigenvalue weighted by molar-refractivity contribution is -0.137. The summed E-state index contributed by atoms with van der Waals surface area (Å²) < 4.78 is 79.5. The molecule has 0 unspecified atom stereocenters. The highest BCUT2D eigenvalue weighted by Crippen LogP contribution is 2.36. The predicted molar refractivity (Wildman–Crippen MR) is 86.2 cm³/mol. The van der Waals surface area contributed by atoms with E-state index in [1.54, 1.807) is 30.3 Å². The van der Waals surface area contributed by atoms with Crippen molar-refractivity contribution in [1.82, 2.24) is 0 Å². The van der Waals surface area contributed by atoms with Gasteiger partial charge in [-0.05, 0) is 29.7 Å². The SMILES string of the molecule is O=S(=O)(Nc1ccc(F)cc1C(F)(F)F)c1cccc2ccccc12. The fraction of sp³-hybridized carbons (Fsp3) is 0.0588. The number of hydrogen-bond acceptors (Lipinski definition) is 2. The van der Waals surface area contributed by atoms with E-state index in [1.807, 2.05) is 4.72 Å². The Morgan fingerprint density at radius 1 is 0.880 bits per heavy atom. The van der Waals surface area contributed by atoms with Crippen LogP contribution in [0.4, 0.5) is 23.2 Å². The lowest BCUT2D eigenvalue weighted by atomic mass is 10.1. The molecular formula is C17H11F4NO2S. The maximum absolute atomic E-state index is 13.2. The first-order valence-electron chi connectivity index (χ1n) is 7.06. The molecule has 0 aromatic heterocycles. The Hall–Kier alpha value is -2.61. The molecule has 0 fully saturated rings. The summed E-state index contributed by atoms with van der Waals surface area (Å²) in [5, 5.41) is 0.994. The van der Waals surface area contributed by atoms with Gasteiger partial charge in [0.05, 0.1) is 16.1 Å². The number of nitrogens with one attached hydrogen (secondary N) is 1. The molecule has 8 heteroatoms. The Kier molecular flexibility index (Phi) is 4.16. The summed E-state index contributed by atoms with van der Waals surface area (Å²) in [6.07, 6.45) is -4.90. The van der Waals surface area contributed by atoms with Crippen LogP contribution in [0.5, 0.6) is 0 Å². The minimum atomic E-state index is -4.90. The molecule has 0 aliphatic carbocycles. The first-order valence-corrected chi connectivity index (χ1v) is 8.54. The molecule has 0 saturated heterocycles. The standard InChI is InChI=1S/C17H11F4NO2S/c18-12-8-9-15(14(10-12)17(19,20)21)22-25(23,24)16-7-3-5-11-4-1-2-6-13(11)16/h1-10,22H. The minimum absolute atomic E-state index is 0.164. The molecular weight excluding hydrogens is 358 g/mol. The second-order valence-corrected chi connectivity index (χ2v) is 6.92. The van der Waals surface area contributed by atoms with Gasteiger partial charge in [0.2, 0.25) is 0 Å². The highest BCUT2D eigenvalue weighted by molar-refractivity contribution is 7.93. The third kappa shape index (κ3) is 3.43. The number of rotatable bonds is 3. The average molecular weight is 369 g/mol. The van der Waals surface area contributed by atoms with E-state index in [9.17, 15) is 26.0 Å². The van der Waals surface area contributed by atoms with E-state index < -0.39 is 33.3 Å². The molecule has 3 nitrogen and oxygen atoms in total. The van der Waals surface area contributed by atoms with E-state index in [0.717, 1.165) is 12.1 Å². The van der Waals surface area contributed by atoms with Gasteiger partial charge in [-0.25, -0.2) is 12.8 Å². The topological polar surface area (TPSA) is 46.2 Å². The number of alkyl halides is 3. The normalized spacial score (nSPS) is 12.3. The fourth-order valence-electron chi connectivity index (χ4n) is 2.47. The number of benzene rings is 3. The second kappa shape index (κ2) is 6.03. The summed E-state index contributed by atoms with van der Waals surface area (Å²) in [5.41, 5.74) is -2.13. The van der Waals surface area contributed by atoms with Crippen molar-refractivity contribution >= 4 is 26.5 Å². The number of halogens is 4. The first-order chi connectivity index (χ1) is 11.7. The van der Waals surface area contributed by atoms with E-state index in [-0.39, 0.29) is 11.0 Å². The summed E-state index contributed by atoms with van der Waals surface area (Å²) in [4.78, 5) is -0.164. The van der Waals surface area contributed by atoms with Gasteiger partial charge < -0.3 is 0 Å². The Balaban J connectivity index is 2.12. The van der Waals surface area contributed by atoms with Crippen molar-refractivity contribution in [2.24, 2.45) is 0 Å². The second-order valence-electron chi connectivity index (χ2n) is 5.27. The number of sulfonamides is 1. The summed E-state index contributed by atoms with van der Waals surface area (Å²) in [5.74, 6) is -1.11. The van der Waals surface area contributed by atoms with Crippen LogP contribution in [-0.2, 0) is 16.2 Å². The lowest BCUT2D eigenvalue weighted by Crippen LogP contribution is -2.17. The molecule has 3 rings (SSSR count). The van der Waals surface area contributed by atoms with Crippen LogP contribution in [0.2, 0.25) is 0 Å². The van der Waals surface area contributed by atoms with Gasteiger partial charge in [-0.15, -0.1) is 0 Å². The highest BCUT2D eigenvalue weighted by atomic mass is 32.2. The van der Waals surface area contributed by atoms with Gasteiger partial charge in [0.15, 0.2) is 0 Å². The molecule has 3 aromatic carbocycles. The fourth-order valence-corrected chi connectivity index (χ4v) is 3.78. The van der Waals surface area contributed by atoms with Crippen molar-refractivity contribution < 1.29 is 26.0 Å². The summed E-state index contributed by atoms with van der Waals surface area (Å²) >= 11 is 0. The Morgan fingerprint density at radius 3 is 2.28 bits per heavy atom. The molecule has 0 amide bonds. The first kappa shape index (κ1) is 17.2. The molecule has 0 bridgehead atoms. The quantitative estimate of drug-likeness (QED) is 0.674. The van der Waals surface area contributed by atoms with Crippen molar-refractivity contribution in [1.29, 1.82) is 0 Å². The summed E-state index contributed by atoms with van der Waals surface area (Å²) in [6.45, 7) is 0. The molecule has 0 saturated carbocycles. The molecule has 0 atom stereocenters. The van der Waals surface area contributed by atoms with Crippen LogP contribution in [0.25, 0.3) is 10.8 Å². The smallest absolute Gasteiger partial charge is 0.279 e. The molecule has 0 aliphatic rings. The number of fused-ring (bicyclic) bond motifs is 1. The zero-order chi connectivity index (χ0) is 18.2. The van der Waals surface area contributed by atoms with Crippen LogP contribution in [0.15, 0.2) is 65.6 Å². The van der Waals surface area contributed by atoms with Crippen LogP contribution in [0, 0.1) is 5.82 Å². The van der Waals surface area contributed by atoms with Crippen molar-refractivity contribution in [3.05, 3.63) is 72.0 Å². The Labute approximate surface area is 141 Å². The molecule has 0 radical (unpaired) electrons. The number of hydrogen-bond donors (Lipinski definition) is 1. The van der Waals surface area contributed by atoms with Crippen LogP contribution in [0.1, 0.15) is 5.56 Å². The Morgan fingerprint density at radius 2 is 1.56 bits per heavy atom. The van der Waals surface area contributed by atoms with Crippen LogP contribution in [-0.4, -0.2) is 8.42 Å². The lowest BCUT2D eigenvalue weighted by Gasteiger charge is -2.15. The van der Waals surface area contributed by atoms with Gasteiger partial charge >= 0.3 is 6.18 Å². The molecule has 0 spiro atoms. The van der Waals surface area contributed by atoms with E-state index in [1.165, 1.54) is 12.1 Å². The third-order valence-corrected chi connectivity index (χ3v) is 4.99. The zero-order valence-corrected chi connectivity index (χ0v) is 13.3. The van der Waals surface area contributed by atoms with Crippen molar-refractivity contribution in [3.63, 3.8) is 0 Å². The van der Waals surface area contributed by atoms with Crippen molar-refractivity contribution in [3.8, 4) is 0 Å². The maximum Gasteiger partial charge on any atom is 0.418 e. The zero-order valence-electron chi connectivity index (χ0n) is 12.5. The van der Waals surface area contributed by atoms with Crippen LogP contribution in [0.3, 0.4) is 0 Å². The molecule has 1 N–H and O–H groups in total. The average Bonchev–Trinajstić information content (AvgIpc) is 2.55. The van der Waals surface area contributed by atoms with Crippen LogP contribution < -0.4 is 4.72 Å². The molecule has 3 aromatic rings.